The lowest BCUT2D eigenvalue weighted by atomic mass is 9.94. The van der Waals surface area contributed by atoms with Crippen LogP contribution < -0.4 is 10.1 Å². The quantitative estimate of drug-likeness (QED) is 0.502. The summed E-state index contributed by atoms with van der Waals surface area (Å²) in [5.74, 6) is -0.454. The van der Waals surface area contributed by atoms with Gasteiger partial charge >= 0.3 is 6.09 Å². The van der Waals surface area contributed by atoms with Crippen molar-refractivity contribution in [1.82, 2.24) is 15.3 Å². The molecule has 2 heterocycles. The Morgan fingerprint density at radius 2 is 2.13 bits per heavy atom. The van der Waals surface area contributed by atoms with E-state index in [9.17, 15) is 24.1 Å². The number of aromatic nitrogens is 2. The highest BCUT2D eigenvalue weighted by Gasteiger charge is 2.31. The highest BCUT2D eigenvalue weighted by Crippen LogP contribution is 2.46. The van der Waals surface area contributed by atoms with Crippen LogP contribution in [0, 0.1) is 5.92 Å². The van der Waals surface area contributed by atoms with Gasteiger partial charge in [-0.1, -0.05) is 0 Å². The number of ether oxygens (including phenoxy) is 1. The normalized spacial score (nSPS) is 20.5. The van der Waals surface area contributed by atoms with Crippen LogP contribution in [0.5, 0.6) is 11.6 Å². The van der Waals surface area contributed by atoms with Gasteiger partial charge in [-0.15, -0.1) is 0 Å². The van der Waals surface area contributed by atoms with Crippen LogP contribution in [0.4, 0.5) is 4.79 Å². The summed E-state index contributed by atoms with van der Waals surface area (Å²) in [6.07, 6.45) is 1.02. The fourth-order valence-electron chi connectivity index (χ4n) is 2.32. The van der Waals surface area contributed by atoms with Gasteiger partial charge < -0.3 is 20.3 Å². The molecule has 9 nitrogen and oxygen atoms in total. The van der Waals surface area contributed by atoms with Crippen LogP contribution in [0.1, 0.15) is 12.8 Å². The molecule has 11 heteroatoms. The van der Waals surface area contributed by atoms with E-state index in [4.69, 9.17) is 16.3 Å². The second-order valence-corrected chi connectivity index (χ2v) is 7.96. The molecule has 1 unspecified atom stereocenters. The Balaban J connectivity index is 1.93. The van der Waals surface area contributed by atoms with Crippen molar-refractivity contribution in [3.05, 3.63) is 11.5 Å². The van der Waals surface area contributed by atoms with Crippen molar-refractivity contribution < 1.29 is 28.8 Å². The van der Waals surface area contributed by atoms with Crippen LogP contribution in [0.25, 0.3) is 0 Å². The molecule has 0 aromatic carbocycles. The van der Waals surface area contributed by atoms with Crippen molar-refractivity contribution in [3.8, 4) is 11.6 Å². The van der Waals surface area contributed by atoms with Crippen LogP contribution in [-0.2, 0) is 0 Å². The summed E-state index contributed by atoms with van der Waals surface area (Å²) < 4.78 is 24.0. The van der Waals surface area contributed by atoms with E-state index in [1.807, 2.05) is 0 Å². The third-order valence-electron chi connectivity index (χ3n) is 3.60. The van der Waals surface area contributed by atoms with Gasteiger partial charge in [0.25, 0.3) is 5.88 Å². The van der Waals surface area contributed by atoms with E-state index in [0.29, 0.717) is 12.8 Å². The van der Waals surface area contributed by atoms with Crippen molar-refractivity contribution >= 4 is 28.3 Å². The third-order valence-corrected chi connectivity index (χ3v) is 5.56. The SMILES string of the molecule is O=C(NC(CO)C1CCS(O)(O)CC1)Oc1nc(Cl)ncc1O. The number of nitrogens with zero attached hydrogens (tertiary/aromatic N) is 2. The molecule has 1 aromatic heterocycles. The molecular weight excluding hydrogens is 350 g/mol. The maximum atomic E-state index is 11.9. The van der Waals surface area contributed by atoms with Gasteiger partial charge in [-0.3, -0.25) is 9.11 Å². The Labute approximate surface area is 139 Å². The van der Waals surface area contributed by atoms with E-state index in [0.717, 1.165) is 6.20 Å². The van der Waals surface area contributed by atoms with Crippen molar-refractivity contribution in [3.63, 3.8) is 0 Å². The molecule has 1 aromatic rings. The summed E-state index contributed by atoms with van der Waals surface area (Å²) in [5, 5.41) is 21.2. The predicted octanol–water partition coefficient (Wildman–Crippen LogP) is 1.45. The highest BCUT2D eigenvalue weighted by molar-refractivity contribution is 8.24. The predicted molar refractivity (Wildman–Crippen MR) is 84.0 cm³/mol. The molecule has 1 fully saturated rings. The molecule has 0 spiro atoms. The van der Waals surface area contributed by atoms with Gasteiger partial charge in [0.1, 0.15) is 0 Å². The minimum absolute atomic E-state index is 0.102. The Morgan fingerprint density at radius 1 is 1.48 bits per heavy atom. The average molecular weight is 368 g/mol. The Hall–Kier alpha value is -1.33. The lowest BCUT2D eigenvalue weighted by molar-refractivity contribution is 0.159. The molecule has 0 radical (unpaired) electrons. The van der Waals surface area contributed by atoms with Crippen LogP contribution in [-0.4, -0.2) is 59.5 Å². The van der Waals surface area contributed by atoms with E-state index in [2.05, 4.69) is 15.3 Å². The van der Waals surface area contributed by atoms with Gasteiger partial charge in [-0.25, -0.2) is 9.78 Å². The molecule has 2 rings (SSSR count). The minimum atomic E-state index is -2.54. The minimum Gasteiger partial charge on any atom is -0.502 e. The van der Waals surface area contributed by atoms with Crippen LogP contribution in [0.3, 0.4) is 0 Å². The zero-order valence-electron chi connectivity index (χ0n) is 12.1. The first-order chi connectivity index (χ1) is 10.8. The average Bonchev–Trinajstić information content (AvgIpc) is 2.49. The summed E-state index contributed by atoms with van der Waals surface area (Å²) in [6.45, 7) is -0.324. The van der Waals surface area contributed by atoms with E-state index in [1.54, 1.807) is 0 Å². The number of aliphatic hydroxyl groups excluding tert-OH is 1. The smallest absolute Gasteiger partial charge is 0.414 e. The first-order valence-electron chi connectivity index (χ1n) is 6.85. The molecule has 0 aliphatic carbocycles. The number of aromatic hydroxyl groups is 1. The largest absolute Gasteiger partial charge is 0.502 e. The molecule has 5 N–H and O–H groups in total. The van der Waals surface area contributed by atoms with E-state index in [1.165, 1.54) is 0 Å². The molecule has 0 saturated carbocycles. The van der Waals surface area contributed by atoms with Gasteiger partial charge in [-0.2, -0.15) is 15.6 Å². The van der Waals surface area contributed by atoms with Crippen molar-refractivity contribution in [2.24, 2.45) is 5.92 Å². The molecule has 130 valence electrons. The molecule has 1 saturated heterocycles. The third kappa shape index (κ3) is 5.08. The molecule has 1 atom stereocenters. The van der Waals surface area contributed by atoms with Gasteiger partial charge in [0.05, 0.1) is 18.8 Å². The zero-order valence-corrected chi connectivity index (χ0v) is 13.6. The number of halogens is 1. The van der Waals surface area contributed by atoms with Crippen molar-refractivity contribution in [2.75, 3.05) is 18.1 Å². The Bertz CT molecular complexity index is 566. The molecule has 1 amide bonds. The number of nitrogens with one attached hydrogen (secondary N) is 1. The number of hydrogen-bond acceptors (Lipinski definition) is 8. The molecule has 1 aliphatic rings. The second-order valence-electron chi connectivity index (χ2n) is 5.20. The van der Waals surface area contributed by atoms with Crippen LogP contribution >= 0.6 is 22.2 Å². The maximum Gasteiger partial charge on any atom is 0.414 e. The van der Waals surface area contributed by atoms with E-state index in [-0.39, 0.29) is 29.3 Å². The summed E-state index contributed by atoms with van der Waals surface area (Å²) in [4.78, 5) is 19.0. The lowest BCUT2D eigenvalue weighted by Crippen LogP contribution is -2.46. The molecule has 23 heavy (non-hydrogen) atoms. The summed E-state index contributed by atoms with van der Waals surface area (Å²) in [7, 11) is -2.54. The Kier molecular flexibility index (Phi) is 5.87. The van der Waals surface area contributed by atoms with Crippen LogP contribution in [0.2, 0.25) is 5.28 Å². The van der Waals surface area contributed by atoms with E-state index < -0.39 is 34.4 Å². The summed E-state index contributed by atoms with van der Waals surface area (Å²) >= 11 is 5.55. The first-order valence-corrected chi connectivity index (χ1v) is 9.11. The highest BCUT2D eigenvalue weighted by atomic mass is 35.5. The van der Waals surface area contributed by atoms with Gasteiger partial charge in [-0.05, 0) is 30.4 Å². The standard InChI is InChI=1S/C12H18ClN3O6S/c13-11-14-5-9(18)10(16-11)22-12(19)15-8(6-17)7-1-3-23(20,21)4-2-7/h5,7-8,17-18,20-21H,1-4,6H2,(H,15,19). The number of amides is 1. The summed E-state index contributed by atoms with van der Waals surface area (Å²) in [6, 6.07) is -0.600. The van der Waals surface area contributed by atoms with Gasteiger partial charge in [0.2, 0.25) is 5.28 Å². The Morgan fingerprint density at radius 3 is 2.74 bits per heavy atom. The fourth-order valence-corrected chi connectivity index (χ4v) is 4.02. The van der Waals surface area contributed by atoms with E-state index >= 15 is 0 Å². The number of aliphatic hydroxyl groups is 1. The van der Waals surface area contributed by atoms with Gasteiger partial charge in [0.15, 0.2) is 5.75 Å². The monoisotopic (exact) mass is 367 g/mol. The fraction of sp³-hybridized carbons (Fsp3) is 0.583. The topological polar surface area (TPSA) is 145 Å². The number of hydrogen-bond donors (Lipinski definition) is 5. The molecular formula is C12H18ClN3O6S. The van der Waals surface area contributed by atoms with Crippen molar-refractivity contribution in [1.29, 1.82) is 0 Å². The van der Waals surface area contributed by atoms with Gasteiger partial charge in [0, 0.05) is 11.5 Å². The zero-order chi connectivity index (χ0) is 17.0. The first kappa shape index (κ1) is 18.0. The van der Waals surface area contributed by atoms with Crippen LogP contribution in [0.15, 0.2) is 6.20 Å². The second kappa shape index (κ2) is 7.49. The number of carbonyl (C=O) groups excluding carboxylic acids is 1. The number of carbonyl (C=O) groups is 1. The molecule has 0 bridgehead atoms. The maximum absolute atomic E-state index is 11.9. The van der Waals surface area contributed by atoms with Crippen molar-refractivity contribution in [2.45, 2.75) is 18.9 Å². The molecule has 1 aliphatic heterocycles. The number of rotatable bonds is 4. The lowest BCUT2D eigenvalue weighted by Gasteiger charge is -2.41. The summed E-state index contributed by atoms with van der Waals surface area (Å²) in [5.41, 5.74) is 0.